The normalized spacial score (nSPS) is 10.5. The standard InChI is InChI=1S/C23H22F3NS/c1-4-5-6-7-18-11-10-17(21(15(2)3)22(18)26)9-8-16-12-19(24)23(28-14-27)20(25)13-16/h10-13,15H,4-7H2,1-3H3. The van der Waals surface area contributed by atoms with Crippen LogP contribution in [0, 0.1) is 40.0 Å². The molecule has 5 heteroatoms. The molecule has 0 saturated heterocycles. The maximum Gasteiger partial charge on any atom is 0.142 e. The summed E-state index contributed by atoms with van der Waals surface area (Å²) in [6.45, 7) is 5.89. The minimum absolute atomic E-state index is 0.0710. The molecule has 0 aliphatic carbocycles. The Hall–Kier alpha value is -2.37. The van der Waals surface area contributed by atoms with E-state index in [0.29, 0.717) is 34.9 Å². The van der Waals surface area contributed by atoms with Crippen LogP contribution >= 0.6 is 11.8 Å². The molecule has 0 heterocycles. The Morgan fingerprint density at radius 1 is 1.04 bits per heavy atom. The van der Waals surface area contributed by atoms with E-state index in [4.69, 9.17) is 5.26 Å². The molecule has 2 aromatic rings. The van der Waals surface area contributed by atoms with Crippen LogP contribution in [0.1, 0.15) is 68.2 Å². The first-order valence-corrected chi connectivity index (χ1v) is 10.1. The minimum Gasteiger partial charge on any atom is -0.206 e. The third-order valence-electron chi connectivity index (χ3n) is 4.37. The van der Waals surface area contributed by atoms with Crippen LogP contribution < -0.4 is 0 Å². The number of nitriles is 1. The Kier molecular flexibility index (Phi) is 8.03. The van der Waals surface area contributed by atoms with Gasteiger partial charge < -0.3 is 0 Å². The zero-order valence-electron chi connectivity index (χ0n) is 16.2. The van der Waals surface area contributed by atoms with Crippen LogP contribution in [-0.4, -0.2) is 0 Å². The van der Waals surface area contributed by atoms with Gasteiger partial charge >= 0.3 is 0 Å². The number of thiocyanates is 1. The van der Waals surface area contributed by atoms with Crippen molar-refractivity contribution in [3.8, 4) is 17.2 Å². The third kappa shape index (κ3) is 5.33. The average Bonchev–Trinajstić information content (AvgIpc) is 2.64. The van der Waals surface area contributed by atoms with Crippen molar-refractivity contribution in [2.24, 2.45) is 0 Å². The molecule has 0 aliphatic rings. The van der Waals surface area contributed by atoms with Crippen molar-refractivity contribution in [3.63, 3.8) is 0 Å². The van der Waals surface area contributed by atoms with Gasteiger partial charge in [-0.2, -0.15) is 5.26 Å². The highest BCUT2D eigenvalue weighted by Gasteiger charge is 2.16. The smallest absolute Gasteiger partial charge is 0.142 e. The summed E-state index contributed by atoms with van der Waals surface area (Å²) in [5.41, 5.74) is 1.86. The van der Waals surface area contributed by atoms with Crippen molar-refractivity contribution in [2.75, 3.05) is 0 Å². The lowest BCUT2D eigenvalue weighted by atomic mass is 9.92. The van der Waals surface area contributed by atoms with Gasteiger partial charge in [0.05, 0.1) is 4.90 Å². The van der Waals surface area contributed by atoms with Gasteiger partial charge in [-0.25, -0.2) is 13.2 Å². The van der Waals surface area contributed by atoms with E-state index in [9.17, 15) is 13.2 Å². The summed E-state index contributed by atoms with van der Waals surface area (Å²) in [5, 5.41) is 10.3. The lowest BCUT2D eigenvalue weighted by molar-refractivity contribution is 0.540. The number of unbranched alkanes of at least 4 members (excludes halogenated alkanes) is 2. The lowest BCUT2D eigenvalue weighted by Crippen LogP contribution is -2.03. The van der Waals surface area contributed by atoms with Gasteiger partial charge in [0.25, 0.3) is 0 Å². The molecule has 2 rings (SSSR count). The Morgan fingerprint density at radius 2 is 1.71 bits per heavy atom. The molecule has 0 fully saturated rings. The number of thioether (sulfide) groups is 1. The largest absolute Gasteiger partial charge is 0.206 e. The summed E-state index contributed by atoms with van der Waals surface area (Å²) >= 11 is 0.427. The first-order chi connectivity index (χ1) is 13.4. The molecular weight excluding hydrogens is 379 g/mol. The maximum absolute atomic E-state index is 15.0. The number of hydrogen-bond donors (Lipinski definition) is 0. The van der Waals surface area contributed by atoms with E-state index in [-0.39, 0.29) is 22.2 Å². The molecule has 2 aromatic carbocycles. The molecule has 0 aromatic heterocycles. The molecule has 0 bridgehead atoms. The molecule has 28 heavy (non-hydrogen) atoms. The van der Waals surface area contributed by atoms with Crippen molar-refractivity contribution >= 4 is 11.8 Å². The number of hydrogen-bond acceptors (Lipinski definition) is 2. The Balaban J connectivity index is 2.40. The van der Waals surface area contributed by atoms with Crippen LogP contribution in [0.2, 0.25) is 0 Å². The van der Waals surface area contributed by atoms with Crippen LogP contribution in [0.3, 0.4) is 0 Å². The number of nitrogens with zero attached hydrogens (tertiary/aromatic N) is 1. The van der Waals surface area contributed by atoms with Gasteiger partial charge in [0.1, 0.15) is 22.9 Å². The fraction of sp³-hybridized carbons (Fsp3) is 0.348. The van der Waals surface area contributed by atoms with E-state index in [1.54, 1.807) is 17.5 Å². The first-order valence-electron chi connectivity index (χ1n) is 9.27. The first kappa shape index (κ1) is 21.9. The van der Waals surface area contributed by atoms with Crippen LogP contribution in [0.15, 0.2) is 29.2 Å². The van der Waals surface area contributed by atoms with Crippen molar-refractivity contribution < 1.29 is 13.2 Å². The van der Waals surface area contributed by atoms with E-state index >= 15 is 0 Å². The van der Waals surface area contributed by atoms with E-state index < -0.39 is 11.6 Å². The fourth-order valence-electron chi connectivity index (χ4n) is 2.98. The number of rotatable bonds is 6. The van der Waals surface area contributed by atoms with Gasteiger partial charge in [0.15, 0.2) is 0 Å². The Bertz CT molecular complexity index is 926. The monoisotopic (exact) mass is 401 g/mol. The van der Waals surface area contributed by atoms with Gasteiger partial charge in [0.2, 0.25) is 0 Å². The fourth-order valence-corrected chi connectivity index (χ4v) is 3.39. The third-order valence-corrected chi connectivity index (χ3v) is 5.06. The molecule has 0 unspecified atom stereocenters. The van der Waals surface area contributed by atoms with Crippen LogP contribution in [-0.2, 0) is 6.42 Å². The zero-order chi connectivity index (χ0) is 20.7. The Labute approximate surface area is 169 Å². The van der Waals surface area contributed by atoms with E-state index in [2.05, 4.69) is 18.8 Å². The number of benzene rings is 2. The molecule has 0 radical (unpaired) electrons. The van der Waals surface area contributed by atoms with Gasteiger partial charge in [-0.05, 0) is 54.3 Å². The molecular formula is C23H22F3NS. The van der Waals surface area contributed by atoms with Crippen LogP contribution in [0.4, 0.5) is 13.2 Å². The number of aryl methyl sites for hydroxylation is 1. The SMILES string of the molecule is CCCCCc1ccc(C#Cc2cc(F)c(SC#N)c(F)c2)c(C(C)C)c1F. The summed E-state index contributed by atoms with van der Waals surface area (Å²) in [4.78, 5) is -0.349. The predicted molar refractivity (Wildman–Crippen MR) is 108 cm³/mol. The van der Waals surface area contributed by atoms with E-state index in [1.165, 1.54) is 0 Å². The molecule has 0 saturated carbocycles. The van der Waals surface area contributed by atoms with E-state index in [1.807, 2.05) is 13.8 Å². The molecule has 1 nitrogen and oxygen atoms in total. The van der Waals surface area contributed by atoms with Gasteiger partial charge in [-0.3, -0.25) is 0 Å². The highest BCUT2D eigenvalue weighted by Crippen LogP contribution is 2.27. The van der Waals surface area contributed by atoms with Crippen molar-refractivity contribution in [2.45, 2.75) is 57.3 Å². The topological polar surface area (TPSA) is 23.8 Å². The summed E-state index contributed by atoms with van der Waals surface area (Å²) in [6, 6.07) is 5.69. The summed E-state index contributed by atoms with van der Waals surface area (Å²) in [5.74, 6) is 3.59. The molecule has 0 aliphatic heterocycles. The van der Waals surface area contributed by atoms with Crippen molar-refractivity contribution in [3.05, 3.63) is 64.0 Å². The highest BCUT2D eigenvalue weighted by molar-refractivity contribution is 8.03. The van der Waals surface area contributed by atoms with E-state index in [0.717, 1.165) is 31.4 Å². The quantitative estimate of drug-likeness (QED) is 0.227. The molecule has 0 amide bonds. The summed E-state index contributed by atoms with van der Waals surface area (Å²) < 4.78 is 42.9. The van der Waals surface area contributed by atoms with Gasteiger partial charge in [-0.1, -0.05) is 51.5 Å². The average molecular weight is 401 g/mol. The minimum atomic E-state index is -0.836. The van der Waals surface area contributed by atoms with Crippen molar-refractivity contribution in [1.82, 2.24) is 0 Å². The van der Waals surface area contributed by atoms with Crippen molar-refractivity contribution in [1.29, 1.82) is 5.26 Å². The van der Waals surface area contributed by atoms with Crippen LogP contribution in [0.25, 0.3) is 0 Å². The zero-order valence-corrected chi connectivity index (χ0v) is 17.0. The lowest BCUT2D eigenvalue weighted by Gasteiger charge is -2.14. The second kappa shape index (κ2) is 10.2. The molecule has 146 valence electrons. The second-order valence-corrected chi connectivity index (χ2v) is 7.62. The summed E-state index contributed by atoms with van der Waals surface area (Å²) in [7, 11) is 0. The second-order valence-electron chi connectivity index (χ2n) is 6.82. The van der Waals surface area contributed by atoms with Crippen LogP contribution in [0.5, 0.6) is 0 Å². The van der Waals surface area contributed by atoms with Gasteiger partial charge in [-0.15, -0.1) is 0 Å². The Morgan fingerprint density at radius 3 is 2.29 bits per heavy atom. The van der Waals surface area contributed by atoms with Gasteiger partial charge in [0, 0.05) is 16.7 Å². The predicted octanol–water partition coefficient (Wildman–Crippen LogP) is 6.93. The molecule has 0 atom stereocenters. The summed E-state index contributed by atoms with van der Waals surface area (Å²) in [6.07, 6.45) is 3.74. The highest BCUT2D eigenvalue weighted by atomic mass is 32.2. The number of halogens is 3. The molecule has 0 N–H and O–H groups in total. The molecule has 0 spiro atoms. The maximum atomic E-state index is 15.0.